The molecule has 1 spiro atoms. The second-order valence-corrected chi connectivity index (χ2v) is 18.2. The predicted molar refractivity (Wildman–Crippen MR) is 222 cm³/mol. The zero-order chi connectivity index (χ0) is 40.2. The van der Waals surface area contributed by atoms with E-state index in [1.54, 1.807) is 24.9 Å². The Bertz CT molecular complexity index is 2070. The van der Waals surface area contributed by atoms with Crippen LogP contribution >= 0.6 is 11.8 Å². The van der Waals surface area contributed by atoms with Gasteiger partial charge in [0, 0.05) is 40.5 Å². The van der Waals surface area contributed by atoms with Gasteiger partial charge in [0.1, 0.15) is 22.8 Å². The number of allylic oxidation sites excluding steroid dienone is 4. The van der Waals surface area contributed by atoms with Crippen molar-refractivity contribution in [3.05, 3.63) is 82.5 Å². The summed E-state index contributed by atoms with van der Waals surface area (Å²) in [5.41, 5.74) is 2.19. The van der Waals surface area contributed by atoms with Crippen LogP contribution in [0.15, 0.2) is 75.7 Å². The Hall–Kier alpha value is -4.12. The molecule has 3 heterocycles. The van der Waals surface area contributed by atoms with Crippen molar-refractivity contribution in [3.8, 4) is 17.2 Å². The highest BCUT2D eigenvalue weighted by Gasteiger charge is 2.78. The zero-order valence-electron chi connectivity index (χ0n) is 33.9. The van der Waals surface area contributed by atoms with Crippen molar-refractivity contribution >= 4 is 40.9 Å². The molecule has 7 unspecified atom stereocenters. The first-order chi connectivity index (χ1) is 26.7. The van der Waals surface area contributed by atoms with E-state index >= 15 is 4.79 Å². The first kappa shape index (κ1) is 40.1. The Labute approximate surface area is 335 Å². The van der Waals surface area contributed by atoms with Crippen LogP contribution in [0.3, 0.4) is 0 Å². The lowest BCUT2D eigenvalue weighted by atomic mass is 9.44. The molecular weight excluding hydrogens is 725 g/mol. The minimum Gasteiger partial charge on any atom is -0.495 e. The highest BCUT2D eigenvalue weighted by atomic mass is 32.2. The number of fused-ring (bicyclic) bond motifs is 6. The normalized spacial score (nSPS) is 29.2. The number of nitrogens with zero attached hydrogens (tertiary/aromatic N) is 1. The molecule has 7 atom stereocenters. The number of aliphatic imine (C=N–C) groups is 1. The Morgan fingerprint density at radius 3 is 2.57 bits per heavy atom. The van der Waals surface area contributed by atoms with E-state index in [0.29, 0.717) is 30.1 Å². The number of aliphatic hydroxyl groups excluding tert-OH is 1. The molecule has 56 heavy (non-hydrogen) atoms. The zero-order valence-corrected chi connectivity index (χ0v) is 34.7. The average Bonchev–Trinajstić information content (AvgIpc) is 3.32. The lowest BCUT2D eigenvalue weighted by molar-refractivity contribution is -0.234. The van der Waals surface area contributed by atoms with E-state index in [0.717, 1.165) is 51.4 Å². The van der Waals surface area contributed by atoms with Crippen molar-refractivity contribution < 1.29 is 34.0 Å². The smallest absolute Gasteiger partial charge is 0.243 e. The van der Waals surface area contributed by atoms with Crippen LogP contribution in [0, 0.1) is 23.7 Å². The van der Waals surface area contributed by atoms with Crippen LogP contribution in [0.5, 0.6) is 17.2 Å². The molecule has 3 N–H and O–H groups in total. The average molecular weight is 781 g/mol. The molecule has 3 fully saturated rings. The maximum atomic E-state index is 15.1. The summed E-state index contributed by atoms with van der Waals surface area (Å²) in [5, 5.41) is 25.0. The van der Waals surface area contributed by atoms with Gasteiger partial charge in [-0.3, -0.25) is 14.6 Å². The molecule has 0 saturated heterocycles. The number of benzene rings is 2. The van der Waals surface area contributed by atoms with Gasteiger partial charge in [0.25, 0.3) is 0 Å². The van der Waals surface area contributed by atoms with Gasteiger partial charge in [-0.1, -0.05) is 55.4 Å². The third kappa shape index (κ3) is 6.55. The van der Waals surface area contributed by atoms with Gasteiger partial charge in [-0.25, -0.2) is 0 Å². The van der Waals surface area contributed by atoms with Crippen molar-refractivity contribution in [2.75, 3.05) is 20.3 Å². The van der Waals surface area contributed by atoms with Gasteiger partial charge in [0.2, 0.25) is 5.91 Å². The summed E-state index contributed by atoms with van der Waals surface area (Å²) in [6, 6.07) is 8.04. The van der Waals surface area contributed by atoms with E-state index in [1.807, 2.05) is 18.2 Å². The molecule has 6 aliphatic rings. The molecule has 298 valence electrons. The van der Waals surface area contributed by atoms with Gasteiger partial charge < -0.3 is 29.7 Å². The molecule has 3 aliphatic heterocycles. The van der Waals surface area contributed by atoms with Crippen LogP contribution in [0.1, 0.15) is 90.8 Å². The lowest BCUT2D eigenvalue weighted by Crippen LogP contribution is -2.82. The number of methoxy groups -OCH3 is 1. The summed E-state index contributed by atoms with van der Waals surface area (Å²) in [6.07, 6.45) is 14.0. The molecule has 10 heteroatoms. The van der Waals surface area contributed by atoms with Crippen molar-refractivity contribution in [1.82, 2.24) is 5.32 Å². The third-order valence-electron chi connectivity index (χ3n) is 12.3. The molecule has 0 aromatic heterocycles. The SMILES string of the molecule is COc1c2c(c(CC=C(C)C)c3c1C1=Nc4ccccc4SC4C5CC(C(C)C)C(O3)(C14)C(O)(CC=CC(=O)NCCO)C5=O)OC(C)(CCC=C(C)C)C=C2. The van der Waals surface area contributed by atoms with E-state index < -0.39 is 34.5 Å². The first-order valence-corrected chi connectivity index (χ1v) is 20.8. The van der Waals surface area contributed by atoms with Crippen molar-refractivity contribution in [3.63, 3.8) is 0 Å². The molecule has 1 amide bonds. The van der Waals surface area contributed by atoms with Crippen LogP contribution in [0.4, 0.5) is 5.69 Å². The van der Waals surface area contributed by atoms with Crippen molar-refractivity contribution in [2.24, 2.45) is 28.7 Å². The molecule has 2 bridgehead atoms. The standard InChI is InChI=1S/C46H56N2O7S/c1-26(2)13-11-20-44(7)22-19-30-39(54-44)29(18-17-27(3)4)41-36(40(30)53-8)38-37-42(56-34-15-10-9-14-33(34)48-38)31-25-32(28(5)6)46(37,55-41)45(52,43(31)51)21-12-16-35(50)47-23-24-49/h9-10,12-17,19,22,28,31-32,37,42,49,52H,11,18,20-21,23-25H2,1-8H3,(H,47,50). The summed E-state index contributed by atoms with van der Waals surface area (Å²) in [6.45, 7) is 14.6. The topological polar surface area (TPSA) is 127 Å². The quantitative estimate of drug-likeness (QED) is 0.146. The van der Waals surface area contributed by atoms with E-state index in [9.17, 15) is 15.0 Å². The number of aliphatic hydroxyl groups is 2. The van der Waals surface area contributed by atoms with E-state index in [2.05, 4.69) is 84.2 Å². The van der Waals surface area contributed by atoms with Gasteiger partial charge in [-0.2, -0.15) is 0 Å². The maximum Gasteiger partial charge on any atom is 0.243 e. The first-order valence-electron chi connectivity index (χ1n) is 20.0. The molecule has 2 aromatic carbocycles. The molecule has 9 nitrogen and oxygen atoms in total. The lowest BCUT2D eigenvalue weighted by Gasteiger charge is -2.67. The molecule has 3 saturated carbocycles. The fraction of sp³-hybridized carbons (Fsp3) is 0.500. The molecule has 8 rings (SSSR count). The Morgan fingerprint density at radius 2 is 1.88 bits per heavy atom. The maximum absolute atomic E-state index is 15.1. The van der Waals surface area contributed by atoms with Gasteiger partial charge in [0.15, 0.2) is 17.0 Å². The highest BCUT2D eigenvalue weighted by Crippen LogP contribution is 2.68. The van der Waals surface area contributed by atoms with E-state index in [-0.39, 0.29) is 42.4 Å². The number of hydrogen-bond acceptors (Lipinski definition) is 9. The molecular formula is C46H56N2O7S. The van der Waals surface area contributed by atoms with Crippen LogP contribution in [0.2, 0.25) is 0 Å². The van der Waals surface area contributed by atoms with Crippen LogP contribution < -0.4 is 19.5 Å². The largest absolute Gasteiger partial charge is 0.495 e. The number of Topliss-reactive ketones (excluding diaryl/α,β-unsaturated/α-hetero) is 1. The summed E-state index contributed by atoms with van der Waals surface area (Å²) >= 11 is 1.65. The molecule has 0 radical (unpaired) electrons. The summed E-state index contributed by atoms with van der Waals surface area (Å²) < 4.78 is 21.2. The third-order valence-corrected chi connectivity index (χ3v) is 13.7. The number of thioether (sulfide) groups is 1. The number of hydrogen-bond donors (Lipinski definition) is 3. The summed E-state index contributed by atoms with van der Waals surface area (Å²) in [5.74, 6) is -0.154. The summed E-state index contributed by atoms with van der Waals surface area (Å²) in [7, 11) is 1.67. The van der Waals surface area contributed by atoms with Crippen LogP contribution in [0.25, 0.3) is 6.08 Å². The van der Waals surface area contributed by atoms with Crippen LogP contribution in [-0.2, 0) is 16.0 Å². The van der Waals surface area contributed by atoms with E-state index in [1.165, 1.54) is 11.6 Å². The number of rotatable bonds is 12. The fourth-order valence-electron chi connectivity index (χ4n) is 9.70. The van der Waals surface area contributed by atoms with Crippen molar-refractivity contribution in [2.45, 2.75) is 108 Å². The predicted octanol–water partition coefficient (Wildman–Crippen LogP) is 8.12. The second kappa shape index (κ2) is 15.3. The van der Waals surface area contributed by atoms with E-state index in [4.69, 9.17) is 19.2 Å². The van der Waals surface area contributed by atoms with Crippen LogP contribution in [-0.4, -0.2) is 69.9 Å². The number of nitrogens with one attached hydrogen (secondary N) is 1. The minimum atomic E-state index is -2.01. The second-order valence-electron chi connectivity index (χ2n) is 17.0. The number of para-hydroxylation sites is 1. The highest BCUT2D eigenvalue weighted by molar-refractivity contribution is 8.00. The monoisotopic (exact) mass is 780 g/mol. The van der Waals surface area contributed by atoms with Gasteiger partial charge in [-0.15, -0.1) is 11.8 Å². The molecule has 3 aliphatic carbocycles. The Kier molecular flexibility index (Phi) is 11.0. The van der Waals surface area contributed by atoms with Gasteiger partial charge >= 0.3 is 0 Å². The number of ether oxygens (including phenoxy) is 3. The molecule has 2 aromatic rings. The summed E-state index contributed by atoms with van der Waals surface area (Å²) in [4.78, 5) is 34.3. The number of ketones is 1. The minimum absolute atomic E-state index is 0.0200. The fourth-order valence-corrected chi connectivity index (χ4v) is 11.3. The number of amides is 1. The number of carbonyl (C=O) groups excluding carboxylic acids is 2. The van der Waals surface area contributed by atoms with Gasteiger partial charge in [0.05, 0.1) is 42.2 Å². The number of carbonyl (C=O) groups is 2. The van der Waals surface area contributed by atoms with Crippen molar-refractivity contribution in [1.29, 1.82) is 0 Å². The Balaban J connectivity index is 1.53. The van der Waals surface area contributed by atoms with Gasteiger partial charge in [-0.05, 0) is 96.6 Å². The Morgan fingerprint density at radius 1 is 1.12 bits per heavy atom.